The third-order valence-corrected chi connectivity index (χ3v) is 6.03. The van der Waals surface area contributed by atoms with Crippen molar-refractivity contribution in [3.05, 3.63) is 51.9 Å². The molecule has 27 heavy (non-hydrogen) atoms. The second kappa shape index (κ2) is 8.00. The van der Waals surface area contributed by atoms with E-state index in [9.17, 15) is 4.79 Å². The standard InChI is InChI=1S/C20H26ClN5O/c1-23-9-5-8-17(15-23)24-10-12-25(13-11-24)18-14-22-26(20(27)19(18)21)16-6-3-2-4-7-16/h2-4,6-7,14,17H,5,8-13,15H2,1H3. The lowest BCUT2D eigenvalue weighted by Crippen LogP contribution is -2.54. The molecule has 0 saturated carbocycles. The molecule has 2 aromatic rings. The first-order valence-electron chi connectivity index (χ1n) is 9.64. The third kappa shape index (κ3) is 3.88. The number of hydrogen-bond donors (Lipinski definition) is 0. The van der Waals surface area contributed by atoms with Gasteiger partial charge in [-0.15, -0.1) is 0 Å². The van der Waals surface area contributed by atoms with Crippen LogP contribution in [0, 0.1) is 0 Å². The monoisotopic (exact) mass is 387 g/mol. The highest BCUT2D eigenvalue weighted by Gasteiger charge is 2.28. The van der Waals surface area contributed by atoms with E-state index in [1.807, 2.05) is 30.3 Å². The van der Waals surface area contributed by atoms with E-state index >= 15 is 0 Å². The van der Waals surface area contributed by atoms with Crippen LogP contribution in [0.25, 0.3) is 5.69 Å². The Morgan fingerprint density at radius 3 is 2.52 bits per heavy atom. The molecule has 0 aliphatic carbocycles. The topological polar surface area (TPSA) is 44.6 Å². The molecule has 2 saturated heterocycles. The first-order chi connectivity index (χ1) is 13.1. The number of halogens is 1. The number of benzene rings is 1. The maximum atomic E-state index is 12.7. The van der Waals surface area contributed by atoms with Gasteiger partial charge in [0.1, 0.15) is 5.02 Å². The number of nitrogens with zero attached hydrogens (tertiary/aromatic N) is 5. The molecule has 1 aromatic heterocycles. The van der Waals surface area contributed by atoms with Crippen LogP contribution in [0.2, 0.25) is 5.02 Å². The lowest BCUT2D eigenvalue weighted by molar-refractivity contribution is 0.106. The van der Waals surface area contributed by atoms with E-state index in [-0.39, 0.29) is 10.6 Å². The summed E-state index contributed by atoms with van der Waals surface area (Å²) in [4.78, 5) is 19.9. The predicted molar refractivity (Wildman–Crippen MR) is 109 cm³/mol. The lowest BCUT2D eigenvalue weighted by atomic mass is 10.0. The molecule has 0 bridgehead atoms. The quantitative estimate of drug-likeness (QED) is 0.807. The van der Waals surface area contributed by atoms with Gasteiger partial charge in [0.15, 0.2) is 0 Å². The Morgan fingerprint density at radius 1 is 1.07 bits per heavy atom. The van der Waals surface area contributed by atoms with Crippen LogP contribution in [0.3, 0.4) is 0 Å². The van der Waals surface area contributed by atoms with Crippen LogP contribution in [0.4, 0.5) is 5.69 Å². The molecule has 0 radical (unpaired) electrons. The summed E-state index contributed by atoms with van der Waals surface area (Å²) in [5.74, 6) is 0. The first kappa shape index (κ1) is 18.5. The molecule has 0 amide bonds. The molecule has 1 unspecified atom stereocenters. The van der Waals surface area contributed by atoms with Gasteiger partial charge in [-0.25, -0.2) is 0 Å². The molecule has 6 nitrogen and oxygen atoms in total. The largest absolute Gasteiger partial charge is 0.366 e. The van der Waals surface area contributed by atoms with Crippen LogP contribution in [-0.4, -0.2) is 71.9 Å². The molecule has 4 rings (SSSR count). The molecule has 144 valence electrons. The van der Waals surface area contributed by atoms with Crippen LogP contribution in [0.15, 0.2) is 41.3 Å². The summed E-state index contributed by atoms with van der Waals surface area (Å²) in [6.45, 7) is 6.09. The zero-order valence-electron chi connectivity index (χ0n) is 15.7. The fraction of sp³-hybridized carbons (Fsp3) is 0.500. The van der Waals surface area contributed by atoms with Gasteiger partial charge < -0.3 is 9.80 Å². The second-order valence-electron chi connectivity index (χ2n) is 7.48. The number of likely N-dealkylation sites (N-methyl/N-ethyl adjacent to an activating group) is 1. The van der Waals surface area contributed by atoms with E-state index in [4.69, 9.17) is 11.6 Å². The summed E-state index contributed by atoms with van der Waals surface area (Å²) in [6, 6.07) is 10.0. The van der Waals surface area contributed by atoms with Gasteiger partial charge in [-0.1, -0.05) is 29.8 Å². The van der Waals surface area contributed by atoms with Gasteiger partial charge in [-0.3, -0.25) is 9.69 Å². The molecule has 0 N–H and O–H groups in total. The molecule has 3 heterocycles. The van der Waals surface area contributed by atoms with Crippen LogP contribution in [0.5, 0.6) is 0 Å². The Labute approximate surface area is 164 Å². The normalized spacial score (nSPS) is 22.1. The van der Waals surface area contributed by atoms with Gasteiger partial charge in [0.2, 0.25) is 0 Å². The minimum absolute atomic E-state index is 0.250. The van der Waals surface area contributed by atoms with Crippen molar-refractivity contribution in [3.63, 3.8) is 0 Å². The van der Waals surface area contributed by atoms with Crippen molar-refractivity contribution in [1.82, 2.24) is 19.6 Å². The van der Waals surface area contributed by atoms with Crippen LogP contribution < -0.4 is 10.5 Å². The molecule has 1 atom stereocenters. The summed E-state index contributed by atoms with van der Waals surface area (Å²) in [7, 11) is 2.20. The van der Waals surface area contributed by atoms with Gasteiger partial charge in [0, 0.05) is 38.8 Å². The molecule has 1 aromatic carbocycles. The van der Waals surface area contributed by atoms with E-state index in [1.165, 1.54) is 24.1 Å². The highest BCUT2D eigenvalue weighted by molar-refractivity contribution is 6.33. The van der Waals surface area contributed by atoms with Crippen molar-refractivity contribution in [2.45, 2.75) is 18.9 Å². The van der Waals surface area contributed by atoms with Gasteiger partial charge in [0.05, 0.1) is 17.6 Å². The van der Waals surface area contributed by atoms with E-state index < -0.39 is 0 Å². The number of hydrogen-bond acceptors (Lipinski definition) is 5. The van der Waals surface area contributed by atoms with E-state index in [1.54, 1.807) is 6.20 Å². The molecular weight excluding hydrogens is 362 g/mol. The summed E-state index contributed by atoms with van der Waals surface area (Å²) >= 11 is 6.45. The molecule has 2 fully saturated rings. The van der Waals surface area contributed by atoms with E-state index in [2.05, 4.69) is 26.8 Å². The first-order valence-corrected chi connectivity index (χ1v) is 10.0. The Bertz CT molecular complexity index is 832. The molecule has 7 heteroatoms. The summed E-state index contributed by atoms with van der Waals surface area (Å²) < 4.78 is 1.36. The molecule has 2 aliphatic heterocycles. The maximum Gasteiger partial charge on any atom is 0.292 e. The zero-order valence-corrected chi connectivity index (χ0v) is 16.5. The Kier molecular flexibility index (Phi) is 5.48. The van der Waals surface area contributed by atoms with Crippen molar-refractivity contribution in [2.24, 2.45) is 0 Å². The van der Waals surface area contributed by atoms with Crippen molar-refractivity contribution < 1.29 is 0 Å². The van der Waals surface area contributed by atoms with E-state index in [0.29, 0.717) is 6.04 Å². The third-order valence-electron chi connectivity index (χ3n) is 5.67. The SMILES string of the molecule is CN1CCCC(N2CCN(c3cnn(-c4ccccc4)c(=O)c3Cl)CC2)C1. The fourth-order valence-electron chi connectivity index (χ4n) is 4.16. The number of likely N-dealkylation sites (tertiary alicyclic amines) is 1. The smallest absolute Gasteiger partial charge is 0.292 e. The molecule has 2 aliphatic rings. The number of aromatic nitrogens is 2. The maximum absolute atomic E-state index is 12.7. The average Bonchev–Trinajstić information content (AvgIpc) is 2.71. The molecule has 0 spiro atoms. The highest BCUT2D eigenvalue weighted by atomic mass is 35.5. The van der Waals surface area contributed by atoms with E-state index in [0.717, 1.165) is 44.1 Å². The number of piperidine rings is 1. The fourth-order valence-corrected chi connectivity index (χ4v) is 4.41. The molecular formula is C20H26ClN5O. The van der Waals surface area contributed by atoms with Crippen molar-refractivity contribution in [1.29, 1.82) is 0 Å². The minimum atomic E-state index is -0.267. The predicted octanol–water partition coefficient (Wildman–Crippen LogP) is 2.10. The summed E-state index contributed by atoms with van der Waals surface area (Å²) in [6.07, 6.45) is 4.27. The lowest BCUT2D eigenvalue weighted by Gasteiger charge is -2.43. The Morgan fingerprint density at radius 2 is 1.81 bits per heavy atom. The summed E-state index contributed by atoms with van der Waals surface area (Å²) in [5, 5.41) is 4.61. The number of para-hydroxylation sites is 1. The summed E-state index contributed by atoms with van der Waals surface area (Å²) in [5.41, 5.74) is 1.20. The van der Waals surface area contributed by atoms with Crippen LogP contribution >= 0.6 is 11.6 Å². The Hall–Kier alpha value is -1.89. The van der Waals surface area contributed by atoms with Crippen molar-refractivity contribution in [2.75, 3.05) is 51.2 Å². The minimum Gasteiger partial charge on any atom is -0.366 e. The number of piperazine rings is 1. The van der Waals surface area contributed by atoms with Crippen molar-refractivity contribution in [3.8, 4) is 5.69 Å². The van der Waals surface area contributed by atoms with Gasteiger partial charge in [0.25, 0.3) is 5.56 Å². The highest BCUT2D eigenvalue weighted by Crippen LogP contribution is 2.24. The number of anilines is 1. The zero-order chi connectivity index (χ0) is 18.8. The van der Waals surface area contributed by atoms with Crippen LogP contribution in [0.1, 0.15) is 12.8 Å². The average molecular weight is 388 g/mol. The van der Waals surface area contributed by atoms with Gasteiger partial charge in [-0.2, -0.15) is 9.78 Å². The Balaban J connectivity index is 1.47. The van der Waals surface area contributed by atoms with Gasteiger partial charge in [-0.05, 0) is 38.6 Å². The van der Waals surface area contributed by atoms with Crippen LogP contribution in [-0.2, 0) is 0 Å². The number of rotatable bonds is 3. The van der Waals surface area contributed by atoms with Gasteiger partial charge >= 0.3 is 0 Å². The van der Waals surface area contributed by atoms with Crippen molar-refractivity contribution >= 4 is 17.3 Å². The second-order valence-corrected chi connectivity index (χ2v) is 7.86.